The average Bonchev–Trinajstić information content (AvgIpc) is 2.48. The Labute approximate surface area is 115 Å². The molecule has 5 nitrogen and oxygen atoms in total. The van der Waals surface area contributed by atoms with Gasteiger partial charge in [-0.15, -0.1) is 0 Å². The summed E-state index contributed by atoms with van der Waals surface area (Å²) in [7, 11) is 0. The van der Waals surface area contributed by atoms with Crippen LogP contribution in [-0.4, -0.2) is 54.3 Å². The van der Waals surface area contributed by atoms with Gasteiger partial charge in [-0.3, -0.25) is 9.88 Å². The van der Waals surface area contributed by atoms with Gasteiger partial charge in [0, 0.05) is 38.8 Å². The predicted octanol–water partition coefficient (Wildman–Crippen LogP) is 0.606. The first-order valence-electron chi connectivity index (χ1n) is 7.04. The van der Waals surface area contributed by atoms with Crippen LogP contribution in [0.4, 0.5) is 5.69 Å². The molecule has 0 aromatic carbocycles. The molecule has 0 amide bonds. The third kappa shape index (κ3) is 3.65. The van der Waals surface area contributed by atoms with E-state index in [0.717, 1.165) is 50.5 Å². The van der Waals surface area contributed by atoms with E-state index >= 15 is 0 Å². The van der Waals surface area contributed by atoms with Crippen LogP contribution in [0.2, 0.25) is 0 Å². The van der Waals surface area contributed by atoms with E-state index in [9.17, 15) is 0 Å². The van der Waals surface area contributed by atoms with Gasteiger partial charge in [0.1, 0.15) is 0 Å². The fourth-order valence-corrected chi connectivity index (χ4v) is 2.38. The molecule has 106 valence electrons. The second-order valence-corrected chi connectivity index (χ2v) is 5.01. The van der Waals surface area contributed by atoms with Crippen molar-refractivity contribution >= 4 is 5.69 Å². The van der Waals surface area contributed by atoms with Crippen molar-refractivity contribution in [1.82, 2.24) is 9.88 Å². The highest BCUT2D eigenvalue weighted by atomic mass is 16.3. The van der Waals surface area contributed by atoms with Crippen LogP contribution in [0.25, 0.3) is 0 Å². The lowest BCUT2D eigenvalue weighted by Gasteiger charge is -2.35. The van der Waals surface area contributed by atoms with E-state index in [1.807, 2.05) is 12.3 Å². The maximum atomic E-state index is 8.93. The second-order valence-electron chi connectivity index (χ2n) is 5.01. The Morgan fingerprint density at radius 2 is 2.05 bits per heavy atom. The van der Waals surface area contributed by atoms with Crippen molar-refractivity contribution in [3.05, 3.63) is 24.0 Å². The van der Waals surface area contributed by atoms with Crippen LogP contribution in [-0.2, 0) is 0 Å². The first-order valence-corrected chi connectivity index (χ1v) is 7.04. The van der Waals surface area contributed by atoms with Crippen LogP contribution in [0, 0.1) is 0 Å². The SMILES string of the molecule is CC[C@@H](N)c1ccc(N2CCN(CCO)CC2)cn1. The van der Waals surface area contributed by atoms with Gasteiger partial charge in [0.25, 0.3) is 0 Å². The van der Waals surface area contributed by atoms with Crippen molar-refractivity contribution in [3.63, 3.8) is 0 Å². The summed E-state index contributed by atoms with van der Waals surface area (Å²) in [5.41, 5.74) is 8.09. The van der Waals surface area contributed by atoms with Crippen molar-refractivity contribution in [2.75, 3.05) is 44.2 Å². The number of anilines is 1. The molecule has 0 unspecified atom stereocenters. The number of hydrogen-bond acceptors (Lipinski definition) is 5. The number of aliphatic hydroxyl groups is 1. The summed E-state index contributed by atoms with van der Waals surface area (Å²) in [4.78, 5) is 9.08. The molecule has 0 radical (unpaired) electrons. The highest BCUT2D eigenvalue weighted by Gasteiger charge is 2.17. The lowest BCUT2D eigenvalue weighted by Crippen LogP contribution is -2.47. The van der Waals surface area contributed by atoms with Crippen LogP contribution in [0.1, 0.15) is 25.1 Å². The third-order valence-electron chi connectivity index (χ3n) is 3.74. The first kappa shape index (κ1) is 14.2. The van der Waals surface area contributed by atoms with Gasteiger partial charge >= 0.3 is 0 Å². The van der Waals surface area contributed by atoms with Crippen LogP contribution in [0.3, 0.4) is 0 Å². The van der Waals surface area contributed by atoms with E-state index < -0.39 is 0 Å². The number of pyridine rings is 1. The van der Waals surface area contributed by atoms with E-state index in [2.05, 4.69) is 27.8 Å². The van der Waals surface area contributed by atoms with Gasteiger partial charge in [0.2, 0.25) is 0 Å². The Morgan fingerprint density at radius 3 is 2.58 bits per heavy atom. The molecular weight excluding hydrogens is 240 g/mol. The minimum Gasteiger partial charge on any atom is -0.395 e. The zero-order valence-electron chi connectivity index (χ0n) is 11.6. The zero-order valence-corrected chi connectivity index (χ0v) is 11.6. The zero-order chi connectivity index (χ0) is 13.7. The van der Waals surface area contributed by atoms with Gasteiger partial charge in [-0.25, -0.2) is 0 Å². The molecule has 1 saturated heterocycles. The number of nitrogens with zero attached hydrogens (tertiary/aromatic N) is 3. The first-order chi connectivity index (χ1) is 9.24. The summed E-state index contributed by atoms with van der Waals surface area (Å²) in [6.45, 7) is 7.05. The quantitative estimate of drug-likeness (QED) is 0.815. The number of hydrogen-bond donors (Lipinski definition) is 2. The van der Waals surface area contributed by atoms with E-state index in [1.54, 1.807) is 0 Å². The molecule has 0 aliphatic carbocycles. The number of rotatable bonds is 5. The molecule has 3 N–H and O–H groups in total. The van der Waals surface area contributed by atoms with E-state index in [4.69, 9.17) is 10.8 Å². The van der Waals surface area contributed by atoms with Crippen molar-refractivity contribution in [2.24, 2.45) is 5.73 Å². The normalized spacial score (nSPS) is 18.6. The molecule has 0 saturated carbocycles. The summed E-state index contributed by atoms with van der Waals surface area (Å²) in [6, 6.07) is 4.18. The molecule has 2 rings (SSSR count). The van der Waals surface area contributed by atoms with Crippen LogP contribution in [0.15, 0.2) is 18.3 Å². The molecular formula is C14H24N4O. The molecule has 19 heavy (non-hydrogen) atoms. The van der Waals surface area contributed by atoms with Crippen molar-refractivity contribution in [1.29, 1.82) is 0 Å². The van der Waals surface area contributed by atoms with Gasteiger partial charge < -0.3 is 15.7 Å². The largest absolute Gasteiger partial charge is 0.395 e. The Balaban J connectivity index is 1.92. The Morgan fingerprint density at radius 1 is 1.32 bits per heavy atom. The molecule has 1 aromatic heterocycles. The topological polar surface area (TPSA) is 65.6 Å². The maximum absolute atomic E-state index is 8.93. The summed E-state index contributed by atoms with van der Waals surface area (Å²) in [5, 5.41) is 8.93. The van der Waals surface area contributed by atoms with Gasteiger partial charge in [-0.1, -0.05) is 6.92 Å². The lowest BCUT2D eigenvalue weighted by atomic mass is 10.1. The number of piperazine rings is 1. The monoisotopic (exact) mass is 264 g/mol. The van der Waals surface area contributed by atoms with Gasteiger partial charge in [-0.05, 0) is 18.6 Å². The number of β-amino-alcohol motifs (C(OH)–C–C–N with tert-alkyl or cyclic N) is 1. The smallest absolute Gasteiger partial charge is 0.0572 e. The summed E-state index contributed by atoms with van der Waals surface area (Å²) in [6.07, 6.45) is 2.83. The molecule has 0 spiro atoms. The van der Waals surface area contributed by atoms with Gasteiger partial charge in [0.15, 0.2) is 0 Å². The highest BCUT2D eigenvalue weighted by molar-refractivity contribution is 5.45. The van der Waals surface area contributed by atoms with Crippen molar-refractivity contribution < 1.29 is 5.11 Å². The number of aliphatic hydroxyl groups excluding tert-OH is 1. The lowest BCUT2D eigenvalue weighted by molar-refractivity contribution is 0.189. The van der Waals surface area contributed by atoms with Crippen LogP contribution in [0.5, 0.6) is 0 Å². The summed E-state index contributed by atoms with van der Waals surface area (Å²) in [5.74, 6) is 0. The Hall–Kier alpha value is -1.17. The Bertz CT molecular complexity index is 374. The van der Waals surface area contributed by atoms with Gasteiger partial charge in [0.05, 0.1) is 24.2 Å². The molecule has 1 atom stereocenters. The maximum Gasteiger partial charge on any atom is 0.0572 e. The molecule has 5 heteroatoms. The fraction of sp³-hybridized carbons (Fsp3) is 0.643. The van der Waals surface area contributed by atoms with E-state index in [-0.39, 0.29) is 12.6 Å². The predicted molar refractivity (Wildman–Crippen MR) is 77.2 cm³/mol. The fourth-order valence-electron chi connectivity index (χ4n) is 2.38. The van der Waals surface area contributed by atoms with Crippen LogP contribution < -0.4 is 10.6 Å². The third-order valence-corrected chi connectivity index (χ3v) is 3.74. The minimum atomic E-state index is 0.0375. The Kier molecular flexibility index (Phi) is 5.13. The molecule has 1 fully saturated rings. The highest BCUT2D eigenvalue weighted by Crippen LogP contribution is 2.18. The number of aromatic nitrogens is 1. The summed E-state index contributed by atoms with van der Waals surface area (Å²) < 4.78 is 0. The average molecular weight is 264 g/mol. The van der Waals surface area contributed by atoms with E-state index in [0.29, 0.717) is 0 Å². The molecule has 1 aliphatic heterocycles. The van der Waals surface area contributed by atoms with Gasteiger partial charge in [-0.2, -0.15) is 0 Å². The standard InChI is InChI=1S/C14H24N4O/c1-2-13(15)14-4-3-12(11-16-14)18-7-5-17(6-8-18)9-10-19/h3-4,11,13,19H,2,5-10,15H2,1H3/t13-/m1/s1. The molecule has 1 aliphatic rings. The second kappa shape index (κ2) is 6.84. The van der Waals surface area contributed by atoms with Crippen LogP contribution >= 0.6 is 0 Å². The van der Waals surface area contributed by atoms with Crippen molar-refractivity contribution in [2.45, 2.75) is 19.4 Å². The molecule has 0 bridgehead atoms. The molecule has 1 aromatic rings. The number of nitrogens with two attached hydrogens (primary N) is 1. The molecule has 2 heterocycles. The van der Waals surface area contributed by atoms with Crippen molar-refractivity contribution in [3.8, 4) is 0 Å². The minimum absolute atomic E-state index is 0.0375. The van der Waals surface area contributed by atoms with E-state index in [1.165, 1.54) is 0 Å². The summed E-state index contributed by atoms with van der Waals surface area (Å²) >= 11 is 0.